The van der Waals surface area contributed by atoms with Gasteiger partial charge in [0.2, 0.25) is 0 Å². The van der Waals surface area contributed by atoms with E-state index in [0.717, 1.165) is 30.7 Å². The molecule has 0 bridgehead atoms. The zero-order valence-electron chi connectivity index (χ0n) is 18.6. The van der Waals surface area contributed by atoms with Gasteiger partial charge in [0, 0.05) is 61.4 Å². The number of imidazole rings is 1. The lowest BCUT2D eigenvalue weighted by Gasteiger charge is -2.34. The maximum absolute atomic E-state index is 14.5. The average molecular weight is 449 g/mol. The molecule has 3 aromatic heterocycles. The van der Waals surface area contributed by atoms with Gasteiger partial charge < -0.3 is 24.7 Å². The van der Waals surface area contributed by atoms with E-state index in [4.69, 9.17) is 4.74 Å². The van der Waals surface area contributed by atoms with Crippen LogP contribution < -0.4 is 20.3 Å². The number of ether oxygens (including phenoxy) is 1. The minimum absolute atomic E-state index is 0.170. The monoisotopic (exact) mass is 449 g/mol. The number of hydrogen-bond donors (Lipinski definition) is 2. The predicted molar refractivity (Wildman–Crippen MR) is 124 cm³/mol. The predicted octanol–water partition coefficient (Wildman–Crippen LogP) is 2.78. The van der Waals surface area contributed by atoms with E-state index < -0.39 is 11.7 Å². The van der Waals surface area contributed by atoms with Crippen molar-refractivity contribution in [2.45, 2.75) is 19.9 Å². The van der Waals surface area contributed by atoms with Crippen molar-refractivity contribution in [3.8, 4) is 6.01 Å². The van der Waals surface area contributed by atoms with Crippen LogP contribution in [-0.4, -0.2) is 58.0 Å². The van der Waals surface area contributed by atoms with E-state index in [-0.39, 0.29) is 11.7 Å². The fourth-order valence-electron chi connectivity index (χ4n) is 4.24. The Morgan fingerprint density at radius 1 is 1.30 bits per heavy atom. The molecular weight excluding hydrogens is 425 g/mol. The molecule has 2 N–H and O–H groups in total. The van der Waals surface area contributed by atoms with Gasteiger partial charge in [-0.05, 0) is 26.0 Å². The van der Waals surface area contributed by atoms with Crippen LogP contribution in [0.5, 0.6) is 6.01 Å². The number of hydrogen-bond acceptors (Lipinski definition) is 7. The molecule has 1 atom stereocenters. The van der Waals surface area contributed by atoms with E-state index in [1.54, 1.807) is 36.0 Å². The van der Waals surface area contributed by atoms with Gasteiger partial charge in [-0.2, -0.15) is 4.98 Å². The quantitative estimate of drug-likeness (QED) is 0.495. The number of carbonyl (C=O) groups is 1. The fourth-order valence-corrected chi connectivity index (χ4v) is 4.24. The van der Waals surface area contributed by atoms with Gasteiger partial charge >= 0.3 is 6.01 Å². The number of pyridine rings is 1. The number of carbonyl (C=O) groups excluding carboxylic acids is 1. The Labute approximate surface area is 189 Å². The molecule has 1 aliphatic rings. The number of nitrogens with zero attached hydrogens (tertiary/aromatic N) is 5. The van der Waals surface area contributed by atoms with Crippen molar-refractivity contribution in [3.05, 3.63) is 53.9 Å². The number of halogens is 1. The third-order valence-corrected chi connectivity index (χ3v) is 5.73. The van der Waals surface area contributed by atoms with Gasteiger partial charge in [-0.1, -0.05) is 0 Å². The zero-order valence-corrected chi connectivity index (χ0v) is 18.6. The van der Waals surface area contributed by atoms with Crippen molar-refractivity contribution in [1.82, 2.24) is 24.7 Å². The number of aromatic nitrogens is 4. The lowest BCUT2D eigenvalue weighted by molar-refractivity contribution is 0.102. The normalized spacial score (nSPS) is 16.4. The highest BCUT2D eigenvalue weighted by Crippen LogP contribution is 2.30. The maximum Gasteiger partial charge on any atom is 0.316 e. The van der Waals surface area contributed by atoms with E-state index in [9.17, 15) is 9.18 Å². The summed E-state index contributed by atoms with van der Waals surface area (Å²) in [5.74, 6) is -0.922. The SMILES string of the molecule is COc1ncc2c(N3CCNC(C)C3)ccc(C(=O)Nc3cc(F)c4nc(C)cn4c3)c2n1. The van der Waals surface area contributed by atoms with Crippen LogP contribution in [0.25, 0.3) is 16.6 Å². The van der Waals surface area contributed by atoms with Gasteiger partial charge in [0.25, 0.3) is 5.91 Å². The van der Waals surface area contributed by atoms with Gasteiger partial charge in [0.1, 0.15) is 0 Å². The maximum atomic E-state index is 14.5. The number of amides is 1. The molecule has 4 heterocycles. The molecular formula is C23H24FN7O2. The van der Waals surface area contributed by atoms with Gasteiger partial charge in [0.15, 0.2) is 11.5 Å². The summed E-state index contributed by atoms with van der Waals surface area (Å²) in [4.78, 5) is 28.4. The number of benzene rings is 1. The smallest absolute Gasteiger partial charge is 0.316 e. The largest absolute Gasteiger partial charge is 0.467 e. The van der Waals surface area contributed by atoms with Crippen molar-refractivity contribution >= 4 is 33.8 Å². The summed E-state index contributed by atoms with van der Waals surface area (Å²) in [6.45, 7) is 6.44. The first-order valence-electron chi connectivity index (χ1n) is 10.7. The Hall–Kier alpha value is -3.79. The lowest BCUT2D eigenvalue weighted by atomic mass is 10.1. The molecule has 5 rings (SSSR count). The summed E-state index contributed by atoms with van der Waals surface area (Å²) in [6.07, 6.45) is 5.01. The number of anilines is 2. The highest BCUT2D eigenvalue weighted by Gasteiger charge is 2.22. The van der Waals surface area contributed by atoms with Crippen molar-refractivity contribution in [3.63, 3.8) is 0 Å². The Morgan fingerprint density at radius 3 is 2.94 bits per heavy atom. The minimum Gasteiger partial charge on any atom is -0.467 e. The van der Waals surface area contributed by atoms with Gasteiger partial charge in [-0.3, -0.25) is 4.79 Å². The molecule has 9 nitrogen and oxygen atoms in total. The van der Waals surface area contributed by atoms with Crippen molar-refractivity contribution in [2.24, 2.45) is 0 Å². The molecule has 1 saturated heterocycles. The molecule has 4 aromatic rings. The van der Waals surface area contributed by atoms with E-state index >= 15 is 0 Å². The second kappa shape index (κ2) is 8.28. The van der Waals surface area contributed by atoms with E-state index in [1.807, 2.05) is 6.07 Å². The second-order valence-electron chi connectivity index (χ2n) is 8.20. The second-order valence-corrected chi connectivity index (χ2v) is 8.20. The summed E-state index contributed by atoms with van der Waals surface area (Å²) in [7, 11) is 1.48. The van der Waals surface area contributed by atoms with Gasteiger partial charge in [0.05, 0.1) is 29.6 Å². The zero-order chi connectivity index (χ0) is 23.1. The van der Waals surface area contributed by atoms with Crippen LogP contribution >= 0.6 is 0 Å². The third kappa shape index (κ3) is 3.93. The van der Waals surface area contributed by atoms with E-state index in [0.29, 0.717) is 28.5 Å². The van der Waals surface area contributed by atoms with Crippen LogP contribution in [0.1, 0.15) is 23.0 Å². The molecule has 0 aliphatic carbocycles. The van der Waals surface area contributed by atoms with E-state index in [2.05, 4.69) is 37.4 Å². The Kier molecular flexibility index (Phi) is 5.29. The fraction of sp³-hybridized carbons (Fsp3) is 0.304. The summed E-state index contributed by atoms with van der Waals surface area (Å²) in [6, 6.07) is 5.42. The number of piperazine rings is 1. The summed E-state index contributed by atoms with van der Waals surface area (Å²) < 4.78 is 21.2. The molecule has 1 amide bonds. The van der Waals surface area contributed by atoms with Crippen LogP contribution in [-0.2, 0) is 0 Å². The third-order valence-electron chi connectivity index (χ3n) is 5.73. The molecule has 1 unspecified atom stereocenters. The molecule has 1 aliphatic heterocycles. The van der Waals surface area contributed by atoms with Crippen LogP contribution in [0.3, 0.4) is 0 Å². The van der Waals surface area contributed by atoms with Crippen LogP contribution in [0.15, 0.2) is 36.8 Å². The van der Waals surface area contributed by atoms with Gasteiger partial charge in [-0.25, -0.2) is 14.4 Å². The Balaban J connectivity index is 1.54. The number of methoxy groups -OCH3 is 1. The Morgan fingerprint density at radius 2 is 2.15 bits per heavy atom. The van der Waals surface area contributed by atoms with Crippen LogP contribution in [0.2, 0.25) is 0 Å². The molecule has 170 valence electrons. The Bertz CT molecular complexity index is 1370. The average Bonchev–Trinajstić information content (AvgIpc) is 3.18. The van der Waals surface area contributed by atoms with Crippen LogP contribution in [0, 0.1) is 12.7 Å². The molecule has 33 heavy (non-hydrogen) atoms. The molecule has 10 heteroatoms. The highest BCUT2D eigenvalue weighted by molar-refractivity contribution is 6.13. The number of aryl methyl sites for hydroxylation is 1. The lowest BCUT2D eigenvalue weighted by Crippen LogP contribution is -2.49. The number of rotatable bonds is 4. The minimum atomic E-state index is -0.516. The van der Waals surface area contributed by atoms with Crippen molar-refractivity contribution in [1.29, 1.82) is 0 Å². The summed E-state index contributed by atoms with van der Waals surface area (Å²) >= 11 is 0. The first-order valence-corrected chi connectivity index (χ1v) is 10.7. The van der Waals surface area contributed by atoms with Crippen LogP contribution in [0.4, 0.5) is 15.8 Å². The number of fused-ring (bicyclic) bond motifs is 2. The summed E-state index contributed by atoms with van der Waals surface area (Å²) in [5.41, 5.74) is 2.99. The molecule has 1 fully saturated rings. The van der Waals surface area contributed by atoms with Crippen molar-refractivity contribution in [2.75, 3.05) is 37.0 Å². The molecule has 1 aromatic carbocycles. The van der Waals surface area contributed by atoms with E-state index in [1.165, 1.54) is 13.2 Å². The highest BCUT2D eigenvalue weighted by atomic mass is 19.1. The van der Waals surface area contributed by atoms with Crippen molar-refractivity contribution < 1.29 is 13.9 Å². The standard InChI is InChI=1S/C23H24FN7O2/c1-13-10-30(7-6-25-13)19-5-4-16(20-17(19)9-26-23(29-20)33-3)22(32)28-15-8-18(24)21-27-14(2)11-31(21)12-15/h4-5,8-9,11-13,25H,6-7,10H2,1-3H3,(H,28,32). The van der Waals surface area contributed by atoms with Gasteiger partial charge in [-0.15, -0.1) is 0 Å². The first-order chi connectivity index (χ1) is 15.9. The molecule has 0 radical (unpaired) electrons. The molecule has 0 spiro atoms. The summed E-state index contributed by atoms with van der Waals surface area (Å²) in [5, 5.41) is 6.97. The number of nitrogens with one attached hydrogen (secondary N) is 2. The topological polar surface area (TPSA) is 96.7 Å². The molecule has 0 saturated carbocycles. The first kappa shape index (κ1) is 21.1.